The van der Waals surface area contributed by atoms with Gasteiger partial charge in [0.2, 0.25) is 11.8 Å². The molecule has 4 aromatic carbocycles. The number of hydrogen-bond donors (Lipinski definition) is 10. The molecule has 6 aromatic heterocycles. The number of carbonyl (C=O) groups excluding carboxylic acids is 3. The highest BCUT2D eigenvalue weighted by molar-refractivity contribution is 7.99. The Labute approximate surface area is 667 Å². The van der Waals surface area contributed by atoms with Gasteiger partial charge in [0.15, 0.2) is 32.9 Å². The summed E-state index contributed by atoms with van der Waals surface area (Å²) in [5.74, 6) is 3.30. The van der Waals surface area contributed by atoms with Crippen LogP contribution in [0.3, 0.4) is 0 Å². The van der Waals surface area contributed by atoms with Crippen LogP contribution in [0.2, 0.25) is 0 Å². The first-order valence-electron chi connectivity index (χ1n) is 36.0. The van der Waals surface area contributed by atoms with E-state index in [-0.39, 0.29) is 47.4 Å². The number of alkyl halides is 7. The number of nitrogens with one attached hydrogen (secondary N) is 9. The Balaban J connectivity index is 0.000000274. The van der Waals surface area contributed by atoms with Crippen molar-refractivity contribution in [3.63, 3.8) is 0 Å². The van der Waals surface area contributed by atoms with E-state index in [2.05, 4.69) is 92.3 Å². The summed E-state index contributed by atoms with van der Waals surface area (Å²) < 4.78 is 115. The van der Waals surface area contributed by atoms with Gasteiger partial charge in [-0.3, -0.25) is 38.7 Å². The Morgan fingerprint density at radius 1 is 0.593 bits per heavy atom. The summed E-state index contributed by atoms with van der Waals surface area (Å²) in [6.07, 6.45) is -5.18. The molecule has 0 bridgehead atoms. The van der Waals surface area contributed by atoms with Crippen molar-refractivity contribution in [2.45, 2.75) is 134 Å². The first kappa shape index (κ1) is 80.7. The maximum absolute atomic E-state index is 15.0. The molecule has 2 aliphatic carbocycles. The fourth-order valence-electron chi connectivity index (χ4n) is 12.1. The van der Waals surface area contributed by atoms with Gasteiger partial charge in [-0.2, -0.15) is 41.6 Å². The Morgan fingerprint density at radius 2 is 1.02 bits per heavy atom. The van der Waals surface area contributed by atoms with Crippen molar-refractivity contribution < 1.29 is 73.6 Å². The minimum absolute atomic E-state index is 0. The number of amides is 3. The summed E-state index contributed by atoms with van der Waals surface area (Å²) in [7, 11) is -4.21. The average molecular weight is 1650 g/mol. The molecule has 5 aliphatic rings. The van der Waals surface area contributed by atoms with Gasteiger partial charge >= 0.3 is 20.2 Å². The molecule has 113 heavy (non-hydrogen) atoms. The Hall–Kier alpha value is -10.4. The second-order valence-corrected chi connectivity index (χ2v) is 32.5. The van der Waals surface area contributed by atoms with Crippen LogP contribution >= 0.6 is 43.1 Å². The third-order valence-electron chi connectivity index (χ3n) is 18.1. The first-order valence-corrected chi connectivity index (χ1v) is 39.9. The van der Waals surface area contributed by atoms with Crippen molar-refractivity contribution in [2.75, 3.05) is 92.5 Å². The van der Waals surface area contributed by atoms with Gasteiger partial charge in [-0.15, -0.1) is 0 Å². The van der Waals surface area contributed by atoms with Crippen LogP contribution in [0.25, 0.3) is 0 Å². The number of H-pyrrole nitrogens is 3. The quantitative estimate of drug-likeness (QED) is 0.0130. The number of rotatable bonds is 27. The van der Waals surface area contributed by atoms with E-state index in [0.29, 0.717) is 91.4 Å². The fourth-order valence-corrected chi connectivity index (χ4v) is 15.4. The number of benzene rings is 4. The normalized spacial score (nSPS) is 16.3. The molecular formula is C74H93F7N21O7PS3. The lowest BCUT2D eigenvalue weighted by atomic mass is 9.91. The summed E-state index contributed by atoms with van der Waals surface area (Å²) in [5, 5.41) is 40.2. The number of aromatic amines is 3. The summed E-state index contributed by atoms with van der Waals surface area (Å²) >= 11 is 3.99. The average Bonchev–Trinajstić information content (AvgIpc) is 1.57. The molecule has 10 N–H and O–H groups in total. The monoisotopic (exact) mass is 1650 g/mol. The lowest BCUT2D eigenvalue weighted by Gasteiger charge is -2.48. The van der Waals surface area contributed by atoms with Crippen LogP contribution in [0.5, 0.6) is 0 Å². The molecule has 0 spiro atoms. The van der Waals surface area contributed by atoms with Crippen molar-refractivity contribution in [1.82, 2.24) is 60.5 Å². The third kappa shape index (κ3) is 22.3. The number of anilines is 12. The molecule has 0 radical (unpaired) electrons. The largest absolute Gasteiger partial charge is 0.472 e. The van der Waals surface area contributed by atoms with Crippen LogP contribution in [-0.4, -0.2) is 146 Å². The first-order chi connectivity index (χ1) is 53.8. The molecule has 10 aromatic rings. The van der Waals surface area contributed by atoms with Gasteiger partial charge in [0.25, 0.3) is 5.91 Å². The van der Waals surface area contributed by atoms with E-state index in [1.807, 2.05) is 79.1 Å². The molecule has 3 saturated heterocycles. The molecule has 3 amide bonds. The number of carbonyl (C=O) groups is 3. The SMILES string of the molecule is CCOP(=O)(O)OC1(C)CN(c2cc(Nc3cc(C)[nH]n3)nc(Sc3ccc(NC(=O)c4ccccc4C(F)(F)F)cc3)n2)C1.Cc1cc(Nc2cc(N3CC(F)(C4CC4)C3)nc(Sc3ccc(NC(=O)C4CC4)cc3)n2)n[nH]1.Cc1cc(Nc2cc(N3CCC3)nc(Sc3ccc(NC(=O)C(C)CC(F)(F)F)cc3)n2)n[nH]1.[HH].[HH].[HH].[HH].[HH].[HH].[HH]. The van der Waals surface area contributed by atoms with E-state index < -0.39 is 66.7 Å². The molecular weight excluding hydrogens is 1560 g/mol. The van der Waals surface area contributed by atoms with Gasteiger partial charge in [0, 0.05) is 120 Å². The number of aryl methyl sites for hydroxylation is 3. The highest BCUT2D eigenvalue weighted by Crippen LogP contribution is 2.51. The number of halogens is 7. The lowest BCUT2D eigenvalue weighted by molar-refractivity contribution is -0.150. The Morgan fingerprint density at radius 3 is 1.41 bits per heavy atom. The van der Waals surface area contributed by atoms with E-state index >= 15 is 0 Å². The highest BCUT2D eigenvalue weighted by Gasteiger charge is 2.54. The van der Waals surface area contributed by atoms with Crippen LogP contribution in [0.4, 0.5) is 100 Å². The van der Waals surface area contributed by atoms with Crippen LogP contribution in [0.1, 0.15) is 102 Å². The maximum atomic E-state index is 15.0. The molecule has 9 heterocycles. The smallest absolute Gasteiger partial charge is 0.356 e. The van der Waals surface area contributed by atoms with Crippen molar-refractivity contribution >= 4 is 130 Å². The van der Waals surface area contributed by atoms with Crippen molar-refractivity contribution in [3.05, 3.63) is 162 Å². The Kier molecular flexibility index (Phi) is 24.4. The maximum Gasteiger partial charge on any atom is 0.472 e. The van der Waals surface area contributed by atoms with Gasteiger partial charge in [0.05, 0.1) is 50.3 Å². The minimum atomic E-state index is -4.67. The van der Waals surface area contributed by atoms with E-state index in [9.17, 15) is 54.6 Å². The molecule has 28 nitrogen and oxygen atoms in total. The second-order valence-electron chi connectivity index (χ2n) is 28.0. The van der Waals surface area contributed by atoms with Gasteiger partial charge < -0.3 is 51.5 Å². The molecule has 608 valence electrons. The standard InChI is InChI=1S/C28H29F3N7O5PS.C24H26FN7OS.C22H24F3N7OS.7H2/c1-4-42-44(40,41)43-27(3)15-38(16-27)24-14-22(33-23-13-17(2)36-37-23)34-26(35-24)45-19-11-9-18(10-12-19)32-25(39)20-7-5-6-8-21(20)28(29,30)31;1-14-10-20(31-30-14)27-19-11-21(32-12-24(25,13-32)16-4-5-16)29-23(28-19)34-18-8-6-17(7-9-18)26-22(33)15-2-3-15;1-13(12-22(23,24)25)20(33)26-15-4-6-16(7-5-15)34-21-28-17(27-18-10-14(2)30-31-18)11-19(29-21)32-8-3-9-32;;;;;;;/h5-14H,4,15-16H2,1-3H3,(H,32,39)(H,40,41)(H2,33,34,35,36,37);6-11,15-16H,2-5,12-13H2,1H3,(H,26,33)(H2,27,28,29,30,31);4-7,10-11,13H,3,8-9,12H2,1-2H3,(H,26,33)(H2,27,28,29,30,31);7*1H. The van der Waals surface area contributed by atoms with Crippen molar-refractivity contribution in [1.29, 1.82) is 0 Å². The molecule has 39 heteroatoms. The Bertz CT molecular complexity index is 5120. The number of nitrogens with zero attached hydrogens (tertiary/aromatic N) is 12. The summed E-state index contributed by atoms with van der Waals surface area (Å²) in [4.78, 5) is 82.9. The van der Waals surface area contributed by atoms with E-state index in [1.54, 1.807) is 74.5 Å². The summed E-state index contributed by atoms with van der Waals surface area (Å²) in [5.41, 5.74) is 0.694. The van der Waals surface area contributed by atoms with E-state index in [4.69, 9.17) is 14.0 Å². The zero-order chi connectivity index (χ0) is 80.0. The van der Waals surface area contributed by atoms with E-state index in [0.717, 1.165) is 95.7 Å². The zero-order valence-corrected chi connectivity index (χ0v) is 65.1. The molecule has 3 aliphatic heterocycles. The topological polar surface area (TPSA) is 352 Å². The second kappa shape index (κ2) is 34.1. The van der Waals surface area contributed by atoms with Crippen molar-refractivity contribution in [2.24, 2.45) is 17.8 Å². The summed E-state index contributed by atoms with van der Waals surface area (Å²) in [6.45, 7) is 13.4. The number of phosphoric acid groups is 1. The number of phosphoric ester groups is 1. The number of aromatic nitrogens is 12. The van der Waals surface area contributed by atoms with Crippen molar-refractivity contribution in [3.8, 4) is 0 Å². The van der Waals surface area contributed by atoms with Gasteiger partial charge in [-0.05, 0) is 193 Å². The lowest BCUT2D eigenvalue weighted by Crippen LogP contribution is -2.61. The fraction of sp³-hybridized carbons (Fsp3) is 0.351. The van der Waals surface area contributed by atoms with Crippen LogP contribution < -0.4 is 46.6 Å². The van der Waals surface area contributed by atoms with Crippen LogP contribution in [0, 0.1) is 38.5 Å². The van der Waals surface area contributed by atoms with Gasteiger partial charge in [-0.25, -0.2) is 38.9 Å². The van der Waals surface area contributed by atoms with Crippen LogP contribution in [0.15, 0.2) is 164 Å². The predicted molar refractivity (Wildman–Crippen MR) is 430 cm³/mol. The summed E-state index contributed by atoms with van der Waals surface area (Å²) in [6, 6.07) is 36.6. The van der Waals surface area contributed by atoms with Gasteiger partial charge in [0.1, 0.15) is 46.2 Å². The molecule has 2 atom stereocenters. The van der Waals surface area contributed by atoms with Crippen LogP contribution in [-0.2, 0) is 29.4 Å². The van der Waals surface area contributed by atoms with Gasteiger partial charge in [-0.1, -0.05) is 19.1 Å². The predicted octanol–water partition coefficient (Wildman–Crippen LogP) is 18.0. The molecule has 5 fully saturated rings. The zero-order valence-electron chi connectivity index (χ0n) is 61.7. The van der Waals surface area contributed by atoms with E-state index in [1.165, 1.54) is 54.3 Å². The highest BCUT2D eigenvalue weighted by atomic mass is 32.2. The molecule has 2 saturated carbocycles. The molecule has 15 rings (SSSR count). The molecule has 2 unspecified atom stereocenters. The minimum Gasteiger partial charge on any atom is -0.356 e. The number of hydrogen-bond acceptors (Lipinski definition) is 24. The third-order valence-corrected chi connectivity index (χ3v) is 22.0.